The van der Waals surface area contributed by atoms with E-state index in [1.807, 2.05) is 36.4 Å². The third-order valence-corrected chi connectivity index (χ3v) is 14.5. The molecular formula is C50H59N5O6. The highest BCUT2D eigenvalue weighted by molar-refractivity contribution is 5.91. The van der Waals surface area contributed by atoms with E-state index >= 15 is 0 Å². The summed E-state index contributed by atoms with van der Waals surface area (Å²) in [5, 5.41) is 16.9. The fraction of sp³-hybridized carbons (Fsp3) is 0.500. The van der Waals surface area contributed by atoms with E-state index in [4.69, 9.17) is 19.3 Å². The minimum Gasteiger partial charge on any atom is -0.477 e. The van der Waals surface area contributed by atoms with Crippen molar-refractivity contribution in [1.29, 1.82) is 0 Å². The molecule has 2 unspecified atom stereocenters. The Kier molecular flexibility index (Phi) is 11.5. The maximum atomic E-state index is 13.2. The van der Waals surface area contributed by atoms with Crippen molar-refractivity contribution in [1.82, 2.24) is 25.4 Å². The molecule has 5 heterocycles. The lowest BCUT2D eigenvalue weighted by atomic mass is 9.87. The molecular weight excluding hydrogens is 767 g/mol. The number of carboxylic acids is 1. The average Bonchev–Trinajstić information content (AvgIpc) is 4.16. The zero-order valence-corrected chi connectivity index (χ0v) is 35.1. The Labute approximate surface area is 359 Å². The lowest BCUT2D eigenvalue weighted by Crippen LogP contribution is -2.45. The predicted molar refractivity (Wildman–Crippen MR) is 232 cm³/mol. The van der Waals surface area contributed by atoms with E-state index in [0.717, 1.165) is 109 Å². The topological polar surface area (TPSA) is 125 Å². The van der Waals surface area contributed by atoms with Crippen molar-refractivity contribution in [2.45, 2.75) is 112 Å². The molecule has 2 spiro atoms. The van der Waals surface area contributed by atoms with Crippen molar-refractivity contribution in [3.05, 3.63) is 131 Å². The Balaban J connectivity index is 0.627. The Morgan fingerprint density at radius 2 is 1.33 bits per heavy atom. The van der Waals surface area contributed by atoms with Gasteiger partial charge in [0.25, 0.3) is 0 Å². The number of ether oxygens (including phenoxy) is 3. The van der Waals surface area contributed by atoms with Crippen molar-refractivity contribution in [3.63, 3.8) is 0 Å². The number of piperidine rings is 2. The summed E-state index contributed by atoms with van der Waals surface area (Å²) < 4.78 is 18.8. The molecule has 11 nitrogen and oxygen atoms in total. The van der Waals surface area contributed by atoms with Gasteiger partial charge in [0.1, 0.15) is 11.4 Å². The third-order valence-electron chi connectivity index (χ3n) is 14.5. The smallest absolute Gasteiger partial charge is 0.354 e. The summed E-state index contributed by atoms with van der Waals surface area (Å²) in [6, 6.07) is 32.0. The van der Waals surface area contributed by atoms with Crippen LogP contribution in [0.4, 0.5) is 0 Å². The number of pyridine rings is 1. The third kappa shape index (κ3) is 9.62. The normalized spacial score (nSPS) is 27.9. The molecule has 320 valence electrons. The Morgan fingerprint density at radius 1 is 0.721 bits per heavy atom. The molecule has 0 amide bonds. The largest absolute Gasteiger partial charge is 0.477 e. The zero-order chi connectivity index (χ0) is 41.4. The van der Waals surface area contributed by atoms with Crippen molar-refractivity contribution >= 4 is 11.9 Å². The molecule has 6 aliphatic rings. The number of carboxylic acid groups (broad SMARTS) is 1. The molecule has 4 aromatic rings. The van der Waals surface area contributed by atoms with Crippen LogP contribution in [0.2, 0.25) is 0 Å². The van der Waals surface area contributed by atoms with Gasteiger partial charge in [-0.1, -0.05) is 60.7 Å². The first-order valence-corrected chi connectivity index (χ1v) is 22.7. The molecule has 1 aromatic heterocycles. The fourth-order valence-electron chi connectivity index (χ4n) is 10.7. The van der Waals surface area contributed by atoms with Crippen LogP contribution in [0.15, 0.2) is 97.2 Å². The molecule has 0 radical (unpaired) electrons. The number of benzene rings is 3. The van der Waals surface area contributed by atoms with E-state index < -0.39 is 5.97 Å². The second kappa shape index (κ2) is 17.3. The molecule has 61 heavy (non-hydrogen) atoms. The number of aromatic carboxylic acids is 1. The maximum absolute atomic E-state index is 13.2. The summed E-state index contributed by atoms with van der Waals surface area (Å²) >= 11 is 0. The van der Waals surface area contributed by atoms with Gasteiger partial charge in [0, 0.05) is 81.5 Å². The van der Waals surface area contributed by atoms with E-state index in [-0.39, 0.29) is 22.9 Å². The van der Waals surface area contributed by atoms with E-state index in [1.165, 1.54) is 23.1 Å². The summed E-state index contributed by atoms with van der Waals surface area (Å²) in [6.45, 7) is 7.35. The number of nitrogens with one attached hydrogen (secondary N) is 2. The van der Waals surface area contributed by atoms with Gasteiger partial charge < -0.3 is 34.9 Å². The van der Waals surface area contributed by atoms with Crippen molar-refractivity contribution < 1.29 is 28.9 Å². The number of rotatable bonds is 14. The molecule has 4 aliphatic heterocycles. The van der Waals surface area contributed by atoms with E-state index in [1.54, 1.807) is 12.3 Å². The van der Waals surface area contributed by atoms with Gasteiger partial charge in [-0.3, -0.25) is 4.90 Å². The number of carbonyl (C=O) groups is 2. The summed E-state index contributed by atoms with van der Waals surface area (Å²) in [6.07, 6.45) is 11.2. The molecule has 4 saturated heterocycles. The summed E-state index contributed by atoms with van der Waals surface area (Å²) in [7, 11) is 0. The second-order valence-electron chi connectivity index (χ2n) is 18.8. The van der Waals surface area contributed by atoms with Gasteiger partial charge in [0.15, 0.2) is 0 Å². The molecule has 6 atom stereocenters. The van der Waals surface area contributed by atoms with Crippen LogP contribution in [0, 0.1) is 0 Å². The van der Waals surface area contributed by atoms with Crippen LogP contribution in [0.3, 0.4) is 0 Å². The number of likely N-dealkylation sites (tertiary alicyclic amines) is 2. The van der Waals surface area contributed by atoms with Crippen LogP contribution < -0.4 is 15.4 Å². The van der Waals surface area contributed by atoms with Crippen LogP contribution in [0.5, 0.6) is 5.75 Å². The van der Waals surface area contributed by atoms with E-state index in [9.17, 15) is 9.59 Å². The lowest BCUT2D eigenvalue weighted by Gasteiger charge is -2.38. The van der Waals surface area contributed by atoms with Crippen LogP contribution >= 0.6 is 0 Å². The fourth-order valence-corrected chi connectivity index (χ4v) is 10.7. The molecule has 10 rings (SSSR count). The molecule has 3 N–H and O–H groups in total. The number of hydrogen-bond donors (Lipinski definition) is 3. The van der Waals surface area contributed by atoms with Gasteiger partial charge in [-0.15, -0.1) is 0 Å². The van der Waals surface area contributed by atoms with Gasteiger partial charge in [-0.2, -0.15) is 0 Å². The number of nitrogens with zero attached hydrogens (tertiary/aromatic N) is 3. The summed E-state index contributed by atoms with van der Waals surface area (Å²) in [5.41, 5.74) is 5.50. The summed E-state index contributed by atoms with van der Waals surface area (Å²) in [5.74, 6) is 0.295. The van der Waals surface area contributed by atoms with E-state index in [0.29, 0.717) is 47.3 Å². The maximum Gasteiger partial charge on any atom is 0.354 e. The predicted octanol–water partition coefficient (Wildman–Crippen LogP) is 6.58. The monoisotopic (exact) mass is 825 g/mol. The zero-order valence-electron chi connectivity index (χ0n) is 35.1. The average molecular weight is 826 g/mol. The first-order chi connectivity index (χ1) is 29.8. The first kappa shape index (κ1) is 40.6. The number of carbonyl (C=O) groups excluding carboxylic acids is 1. The molecule has 11 heteroatoms. The Bertz CT molecular complexity index is 2150. The standard InChI is InChI=1S/C50H59N5O6/c56-47(57)44-14-11-35(30-51-44)31-55-23-18-50(19-24-55)29-40(33-60-50)53-46-27-43(46)38-7-4-8-41(25-38)61-48(58)37-12-9-34(10-13-37)15-20-54-21-16-49(17-22-54)28-39(32-59-49)52-45-26-42(45)36-5-2-1-3-6-36/h1-14,25,30,39-40,42-43,45-46,52-53H,15-24,26-29,31-33H2,(H,56,57)/t39?,40?,42-,43-,45+,46+/m0/s1. The van der Waals surface area contributed by atoms with Gasteiger partial charge in [-0.05, 0) is 110 Å². The van der Waals surface area contributed by atoms with Crippen LogP contribution in [-0.4, -0.2) is 113 Å². The van der Waals surface area contributed by atoms with Crippen molar-refractivity contribution in [2.24, 2.45) is 0 Å². The van der Waals surface area contributed by atoms with Gasteiger partial charge in [0.05, 0.1) is 30.0 Å². The van der Waals surface area contributed by atoms with Gasteiger partial charge >= 0.3 is 11.9 Å². The van der Waals surface area contributed by atoms with Crippen LogP contribution in [0.25, 0.3) is 0 Å². The van der Waals surface area contributed by atoms with Gasteiger partial charge in [-0.25, -0.2) is 14.6 Å². The molecule has 6 fully saturated rings. The molecule has 0 bridgehead atoms. The van der Waals surface area contributed by atoms with Crippen LogP contribution in [-0.2, 0) is 22.4 Å². The minimum atomic E-state index is -1.00. The van der Waals surface area contributed by atoms with Crippen molar-refractivity contribution in [3.8, 4) is 5.75 Å². The SMILES string of the molecule is O=C(Oc1cccc([C@@H]2C[C@H]2NC2COC3(CCN(Cc4ccc(C(=O)O)nc4)CC3)C2)c1)c1ccc(CCN2CCC3(CC2)CC(N[C@@H]2C[C@H]2c2ccccc2)CO3)cc1. The number of hydrogen-bond acceptors (Lipinski definition) is 10. The van der Waals surface area contributed by atoms with Crippen LogP contribution in [0.1, 0.15) is 106 Å². The van der Waals surface area contributed by atoms with Crippen molar-refractivity contribution in [2.75, 3.05) is 45.9 Å². The minimum absolute atomic E-state index is 0.0297. The summed E-state index contributed by atoms with van der Waals surface area (Å²) in [4.78, 5) is 33.4. The number of esters is 1. The second-order valence-corrected chi connectivity index (χ2v) is 18.8. The molecule has 2 saturated carbocycles. The Hall–Kier alpha value is -4.49. The lowest BCUT2D eigenvalue weighted by molar-refractivity contribution is -0.0449. The van der Waals surface area contributed by atoms with E-state index in [2.05, 4.69) is 73.9 Å². The highest BCUT2D eigenvalue weighted by Crippen LogP contribution is 2.45. The highest BCUT2D eigenvalue weighted by atomic mass is 16.5. The highest BCUT2D eigenvalue weighted by Gasteiger charge is 2.48. The molecule has 3 aromatic carbocycles. The van der Waals surface area contributed by atoms with Gasteiger partial charge in [0.2, 0.25) is 0 Å². The number of aromatic nitrogens is 1. The Morgan fingerprint density at radius 3 is 1.95 bits per heavy atom. The quantitative estimate of drug-likeness (QED) is 0.0944. The first-order valence-electron chi connectivity index (χ1n) is 22.7. The molecule has 2 aliphatic carbocycles.